The van der Waals surface area contributed by atoms with E-state index in [1.165, 1.54) is 0 Å². The molecule has 0 saturated carbocycles. The minimum Gasteiger partial charge on any atom is -0.489 e. The summed E-state index contributed by atoms with van der Waals surface area (Å²) in [6, 6.07) is 5.87. The first-order valence-electron chi connectivity index (χ1n) is 6.68. The molecule has 0 heterocycles. The highest BCUT2D eigenvalue weighted by molar-refractivity contribution is 5.62. The largest absolute Gasteiger partial charge is 0.489 e. The van der Waals surface area contributed by atoms with E-state index < -0.39 is 0 Å². The molecule has 0 bridgehead atoms. The maximum atomic E-state index is 5.91. The lowest BCUT2D eigenvalue weighted by Gasteiger charge is -2.27. The van der Waals surface area contributed by atoms with Crippen molar-refractivity contribution in [3.63, 3.8) is 0 Å². The Labute approximate surface area is 111 Å². The van der Waals surface area contributed by atoms with Crippen molar-refractivity contribution in [1.82, 2.24) is 0 Å². The van der Waals surface area contributed by atoms with Crippen molar-refractivity contribution in [3.05, 3.63) is 18.2 Å². The lowest BCUT2D eigenvalue weighted by Crippen LogP contribution is -2.30. The fraction of sp³-hybridized carbons (Fsp3) is 0.600. The average Bonchev–Trinajstić information content (AvgIpc) is 2.21. The summed E-state index contributed by atoms with van der Waals surface area (Å²) in [5.74, 6) is 0.752. The van der Waals surface area contributed by atoms with Crippen LogP contribution in [0.5, 0.6) is 5.75 Å². The molecule has 3 nitrogen and oxygen atoms in total. The van der Waals surface area contributed by atoms with Crippen LogP contribution in [0.1, 0.15) is 47.5 Å². The van der Waals surface area contributed by atoms with Crippen molar-refractivity contribution in [2.24, 2.45) is 0 Å². The molecule has 0 amide bonds. The summed E-state index contributed by atoms with van der Waals surface area (Å²) < 4.78 is 5.70. The highest BCUT2D eigenvalue weighted by Gasteiger charge is 2.16. The summed E-state index contributed by atoms with van der Waals surface area (Å²) in [4.78, 5) is 0. The van der Waals surface area contributed by atoms with Crippen LogP contribution in [0.15, 0.2) is 18.2 Å². The van der Waals surface area contributed by atoms with E-state index in [0.29, 0.717) is 5.69 Å². The summed E-state index contributed by atoms with van der Waals surface area (Å²) in [6.45, 7) is 10.6. The van der Waals surface area contributed by atoms with Crippen LogP contribution in [-0.2, 0) is 0 Å². The third kappa shape index (κ3) is 4.47. The first-order valence-corrected chi connectivity index (χ1v) is 6.68. The molecule has 3 heteroatoms. The van der Waals surface area contributed by atoms with Crippen LogP contribution < -0.4 is 15.8 Å². The van der Waals surface area contributed by atoms with Crippen LogP contribution in [-0.4, -0.2) is 11.6 Å². The minimum atomic E-state index is 0.0833. The maximum Gasteiger partial charge on any atom is 0.144 e. The monoisotopic (exact) mass is 250 g/mol. The molecular weight excluding hydrogens is 224 g/mol. The van der Waals surface area contributed by atoms with Gasteiger partial charge in [-0.15, -0.1) is 0 Å². The van der Waals surface area contributed by atoms with Crippen molar-refractivity contribution in [2.45, 2.75) is 59.1 Å². The number of nitrogens with one attached hydrogen (secondary N) is 1. The summed E-state index contributed by atoms with van der Waals surface area (Å²) >= 11 is 0. The van der Waals surface area contributed by atoms with Crippen molar-refractivity contribution < 1.29 is 4.74 Å². The smallest absolute Gasteiger partial charge is 0.144 e. The molecule has 0 aliphatic carbocycles. The predicted molar refractivity (Wildman–Crippen MR) is 79.2 cm³/mol. The second kappa shape index (κ2) is 5.98. The van der Waals surface area contributed by atoms with Gasteiger partial charge in [-0.25, -0.2) is 0 Å². The number of ether oxygens (including phenoxy) is 1. The SMILES string of the molecule is CCCC(C)(C)Nc1ccc(N)c(OC(C)C)c1. The number of benzene rings is 1. The highest BCUT2D eigenvalue weighted by atomic mass is 16.5. The molecule has 0 atom stereocenters. The van der Waals surface area contributed by atoms with Gasteiger partial charge >= 0.3 is 0 Å². The molecule has 1 aromatic rings. The molecular formula is C15H26N2O. The van der Waals surface area contributed by atoms with E-state index in [9.17, 15) is 0 Å². The molecule has 0 spiro atoms. The van der Waals surface area contributed by atoms with Gasteiger partial charge in [0.05, 0.1) is 11.8 Å². The van der Waals surface area contributed by atoms with Crippen LogP contribution >= 0.6 is 0 Å². The molecule has 0 unspecified atom stereocenters. The Hall–Kier alpha value is -1.38. The average molecular weight is 250 g/mol. The topological polar surface area (TPSA) is 47.3 Å². The molecule has 0 radical (unpaired) electrons. The third-order valence-electron chi connectivity index (χ3n) is 2.73. The van der Waals surface area contributed by atoms with Crippen LogP contribution in [0.3, 0.4) is 0 Å². The number of hydrogen-bond acceptors (Lipinski definition) is 3. The zero-order valence-corrected chi connectivity index (χ0v) is 12.2. The lowest BCUT2D eigenvalue weighted by molar-refractivity contribution is 0.244. The van der Waals surface area contributed by atoms with Crippen LogP contribution in [0.25, 0.3) is 0 Å². The first-order chi connectivity index (χ1) is 8.34. The summed E-state index contributed by atoms with van der Waals surface area (Å²) in [6.07, 6.45) is 2.41. The maximum absolute atomic E-state index is 5.91. The standard InChI is InChI=1S/C15H26N2O/c1-6-9-15(4,5)17-12-7-8-13(16)14(10-12)18-11(2)3/h7-8,10-11,17H,6,9,16H2,1-5H3. The van der Waals surface area contributed by atoms with E-state index in [1.54, 1.807) is 0 Å². The molecule has 0 aliphatic heterocycles. The quantitative estimate of drug-likeness (QED) is 0.749. The van der Waals surface area contributed by atoms with Crippen molar-refractivity contribution >= 4 is 11.4 Å². The Bertz CT molecular complexity index is 386. The Morgan fingerprint density at radius 2 is 2.00 bits per heavy atom. The normalized spacial score (nSPS) is 11.7. The fourth-order valence-electron chi connectivity index (χ4n) is 2.05. The Morgan fingerprint density at radius 1 is 1.33 bits per heavy atom. The van der Waals surface area contributed by atoms with E-state index in [2.05, 4.69) is 26.1 Å². The number of nitrogen functional groups attached to an aromatic ring is 1. The Balaban J connectivity index is 2.84. The molecule has 0 fully saturated rings. The van der Waals surface area contributed by atoms with Crippen LogP contribution in [0.4, 0.5) is 11.4 Å². The zero-order valence-electron chi connectivity index (χ0n) is 12.2. The lowest BCUT2D eigenvalue weighted by atomic mass is 9.98. The van der Waals surface area contributed by atoms with Gasteiger partial charge in [-0.05, 0) is 46.2 Å². The van der Waals surface area contributed by atoms with Gasteiger partial charge in [-0.2, -0.15) is 0 Å². The fourth-order valence-corrected chi connectivity index (χ4v) is 2.05. The first kappa shape index (κ1) is 14.7. The van der Waals surface area contributed by atoms with Crippen molar-refractivity contribution in [3.8, 4) is 5.75 Å². The molecule has 102 valence electrons. The van der Waals surface area contributed by atoms with Gasteiger partial charge in [0.15, 0.2) is 0 Å². The number of rotatable bonds is 6. The number of hydrogen-bond donors (Lipinski definition) is 2. The second-order valence-electron chi connectivity index (χ2n) is 5.68. The summed E-state index contributed by atoms with van der Waals surface area (Å²) in [5, 5.41) is 3.52. The second-order valence-corrected chi connectivity index (χ2v) is 5.68. The zero-order chi connectivity index (χ0) is 13.8. The van der Waals surface area contributed by atoms with E-state index in [0.717, 1.165) is 24.3 Å². The van der Waals surface area contributed by atoms with Gasteiger partial charge in [0.2, 0.25) is 0 Å². The van der Waals surface area contributed by atoms with E-state index in [4.69, 9.17) is 10.5 Å². The van der Waals surface area contributed by atoms with Gasteiger partial charge in [0, 0.05) is 17.3 Å². The predicted octanol–water partition coefficient (Wildman–Crippen LogP) is 4.05. The van der Waals surface area contributed by atoms with Crippen LogP contribution in [0, 0.1) is 0 Å². The molecule has 3 N–H and O–H groups in total. The van der Waals surface area contributed by atoms with Crippen molar-refractivity contribution in [1.29, 1.82) is 0 Å². The third-order valence-corrected chi connectivity index (χ3v) is 2.73. The molecule has 1 rings (SSSR count). The van der Waals surface area contributed by atoms with E-state index in [1.807, 2.05) is 32.0 Å². The van der Waals surface area contributed by atoms with Gasteiger partial charge in [0.25, 0.3) is 0 Å². The minimum absolute atomic E-state index is 0.0833. The molecule has 0 saturated heterocycles. The van der Waals surface area contributed by atoms with Crippen LogP contribution in [0.2, 0.25) is 0 Å². The van der Waals surface area contributed by atoms with E-state index >= 15 is 0 Å². The number of nitrogens with two attached hydrogens (primary N) is 1. The summed E-state index contributed by atoms with van der Waals surface area (Å²) in [5.41, 5.74) is 7.73. The summed E-state index contributed by atoms with van der Waals surface area (Å²) in [7, 11) is 0. The van der Waals surface area contributed by atoms with Crippen molar-refractivity contribution in [2.75, 3.05) is 11.1 Å². The molecule has 0 aromatic heterocycles. The van der Waals surface area contributed by atoms with Gasteiger partial charge in [-0.1, -0.05) is 13.3 Å². The molecule has 18 heavy (non-hydrogen) atoms. The van der Waals surface area contributed by atoms with Gasteiger partial charge in [-0.3, -0.25) is 0 Å². The Morgan fingerprint density at radius 3 is 2.56 bits per heavy atom. The number of anilines is 2. The van der Waals surface area contributed by atoms with Gasteiger partial charge in [0.1, 0.15) is 5.75 Å². The van der Waals surface area contributed by atoms with E-state index in [-0.39, 0.29) is 11.6 Å². The van der Waals surface area contributed by atoms with Gasteiger partial charge < -0.3 is 15.8 Å². The molecule has 1 aromatic carbocycles. The highest BCUT2D eigenvalue weighted by Crippen LogP contribution is 2.28. The Kier molecular flexibility index (Phi) is 4.88. The molecule has 0 aliphatic rings.